The van der Waals surface area contributed by atoms with Gasteiger partial charge in [0.2, 0.25) is 0 Å². The second-order valence-electron chi connectivity index (χ2n) is 5.73. The minimum atomic E-state index is -3.10. The molecule has 0 saturated carbocycles. The molecule has 0 amide bonds. The van der Waals surface area contributed by atoms with E-state index in [0.29, 0.717) is 18.6 Å². The molecule has 1 aromatic rings. The molecule has 118 valence electrons. The quantitative estimate of drug-likeness (QED) is 0.825. The second kappa shape index (κ2) is 6.34. The number of benzene rings is 1. The molecule has 2 atom stereocenters. The Morgan fingerprint density at radius 1 is 1.38 bits per heavy atom. The maximum atomic E-state index is 11.7. The van der Waals surface area contributed by atoms with Gasteiger partial charge in [0.05, 0.1) is 24.2 Å². The normalized spacial score (nSPS) is 25.7. The summed E-state index contributed by atoms with van der Waals surface area (Å²) in [5.41, 5.74) is 5.68. The number of rotatable bonds is 6. The van der Waals surface area contributed by atoms with E-state index < -0.39 is 21.4 Å². The molecule has 1 aliphatic heterocycles. The lowest BCUT2D eigenvalue weighted by Gasteiger charge is -2.32. The van der Waals surface area contributed by atoms with Crippen molar-refractivity contribution in [2.45, 2.75) is 25.9 Å². The summed E-state index contributed by atoms with van der Waals surface area (Å²) >= 11 is 0. The van der Waals surface area contributed by atoms with E-state index in [0.717, 1.165) is 12.2 Å². The third kappa shape index (κ3) is 3.56. The molecule has 1 fully saturated rings. The number of ether oxygens (including phenoxy) is 1. The first-order valence-corrected chi connectivity index (χ1v) is 9.06. The molecule has 1 saturated heterocycles. The number of aliphatic hydroxyl groups excluding tert-OH is 1. The van der Waals surface area contributed by atoms with E-state index >= 15 is 0 Å². The van der Waals surface area contributed by atoms with Gasteiger partial charge in [-0.2, -0.15) is 0 Å². The minimum absolute atomic E-state index is 0.0498. The molecule has 0 aromatic heterocycles. The second-order valence-corrected chi connectivity index (χ2v) is 7.91. The highest BCUT2D eigenvalue weighted by molar-refractivity contribution is 7.91. The van der Waals surface area contributed by atoms with Gasteiger partial charge in [-0.25, -0.2) is 8.42 Å². The molecule has 2 rings (SSSR count). The first-order chi connectivity index (χ1) is 9.92. The lowest BCUT2D eigenvalue weighted by Crippen LogP contribution is -2.38. The fraction of sp³-hybridized carbons (Fsp3) is 0.600. The predicted molar refractivity (Wildman–Crippen MR) is 81.9 cm³/mol. The van der Waals surface area contributed by atoms with Gasteiger partial charge in [0.15, 0.2) is 9.84 Å². The fourth-order valence-corrected chi connectivity index (χ4v) is 4.91. The number of sulfone groups is 1. The Labute approximate surface area is 126 Å². The summed E-state index contributed by atoms with van der Waals surface area (Å²) in [6.45, 7) is 2.83. The van der Waals surface area contributed by atoms with Gasteiger partial charge < -0.3 is 15.6 Å². The third-order valence-corrected chi connectivity index (χ3v) is 5.91. The number of hydrogen-bond donors (Lipinski definition) is 2. The zero-order chi connectivity index (χ0) is 15.5. The standard InChI is InChI=1S/C15H23NO4S/c1-2-8-20-13-5-3-12(4-6-13)14(17)15(10-16)7-9-21(18,19)11-15/h3-6,14,17H,2,7-11,16H2,1H3. The van der Waals surface area contributed by atoms with Gasteiger partial charge in [-0.15, -0.1) is 0 Å². The lowest BCUT2D eigenvalue weighted by molar-refractivity contribution is 0.0471. The van der Waals surface area contributed by atoms with Crippen molar-refractivity contribution in [2.75, 3.05) is 24.7 Å². The van der Waals surface area contributed by atoms with Crippen LogP contribution in [0.25, 0.3) is 0 Å². The van der Waals surface area contributed by atoms with Crippen LogP contribution in [0.15, 0.2) is 24.3 Å². The highest BCUT2D eigenvalue weighted by Crippen LogP contribution is 2.42. The Morgan fingerprint density at radius 3 is 2.52 bits per heavy atom. The van der Waals surface area contributed by atoms with Gasteiger partial charge >= 0.3 is 0 Å². The Bertz CT molecular complexity index is 570. The monoisotopic (exact) mass is 313 g/mol. The van der Waals surface area contributed by atoms with E-state index in [-0.39, 0.29) is 18.1 Å². The van der Waals surface area contributed by atoms with Crippen LogP contribution in [0.2, 0.25) is 0 Å². The van der Waals surface area contributed by atoms with Crippen LogP contribution in [0.5, 0.6) is 5.75 Å². The van der Waals surface area contributed by atoms with E-state index in [2.05, 4.69) is 0 Å². The average Bonchev–Trinajstić information content (AvgIpc) is 2.81. The molecule has 1 aliphatic rings. The summed E-state index contributed by atoms with van der Waals surface area (Å²) < 4.78 is 29.0. The van der Waals surface area contributed by atoms with Gasteiger partial charge in [-0.3, -0.25) is 0 Å². The molecule has 0 radical (unpaired) electrons. The van der Waals surface area contributed by atoms with E-state index in [1.807, 2.05) is 6.92 Å². The number of hydrogen-bond acceptors (Lipinski definition) is 5. The molecule has 2 unspecified atom stereocenters. The zero-order valence-corrected chi connectivity index (χ0v) is 13.1. The van der Waals surface area contributed by atoms with Crippen LogP contribution in [-0.2, 0) is 9.84 Å². The van der Waals surface area contributed by atoms with Crippen LogP contribution in [0.3, 0.4) is 0 Å². The van der Waals surface area contributed by atoms with Gasteiger partial charge in [0.25, 0.3) is 0 Å². The first kappa shape index (κ1) is 16.3. The summed E-state index contributed by atoms with van der Waals surface area (Å²) in [5, 5.41) is 10.6. The maximum absolute atomic E-state index is 11.7. The zero-order valence-electron chi connectivity index (χ0n) is 12.3. The molecular formula is C15H23NO4S. The van der Waals surface area contributed by atoms with E-state index in [1.165, 1.54) is 0 Å². The summed E-state index contributed by atoms with van der Waals surface area (Å²) in [7, 11) is -3.10. The molecule has 6 heteroatoms. The van der Waals surface area contributed by atoms with Crippen molar-refractivity contribution in [3.05, 3.63) is 29.8 Å². The maximum Gasteiger partial charge on any atom is 0.151 e. The summed E-state index contributed by atoms with van der Waals surface area (Å²) in [5.74, 6) is 0.790. The van der Waals surface area contributed by atoms with Crippen LogP contribution in [0, 0.1) is 5.41 Å². The van der Waals surface area contributed by atoms with Crippen LogP contribution in [0.1, 0.15) is 31.4 Å². The molecule has 0 bridgehead atoms. The van der Waals surface area contributed by atoms with Crippen molar-refractivity contribution < 1.29 is 18.3 Å². The molecule has 0 spiro atoms. The van der Waals surface area contributed by atoms with E-state index in [4.69, 9.17) is 10.5 Å². The molecule has 5 nitrogen and oxygen atoms in total. The van der Waals surface area contributed by atoms with Gasteiger partial charge in [0, 0.05) is 12.0 Å². The van der Waals surface area contributed by atoms with Crippen molar-refractivity contribution in [2.24, 2.45) is 11.1 Å². The summed E-state index contributed by atoms with van der Waals surface area (Å²) in [6, 6.07) is 7.14. The number of aliphatic hydroxyl groups is 1. The Hall–Kier alpha value is -1.11. The SMILES string of the molecule is CCCOc1ccc(C(O)C2(CN)CCS(=O)(=O)C2)cc1. The van der Waals surface area contributed by atoms with Crippen molar-refractivity contribution in [3.63, 3.8) is 0 Å². The highest BCUT2D eigenvalue weighted by Gasteiger charge is 2.46. The van der Waals surface area contributed by atoms with Gasteiger partial charge in [-0.05, 0) is 30.5 Å². The van der Waals surface area contributed by atoms with Crippen LogP contribution < -0.4 is 10.5 Å². The third-order valence-electron chi connectivity index (χ3n) is 4.07. The first-order valence-electron chi connectivity index (χ1n) is 7.24. The Balaban J connectivity index is 2.17. The fourth-order valence-electron chi connectivity index (χ4n) is 2.75. The predicted octanol–water partition coefficient (Wildman–Crippen LogP) is 1.27. The number of nitrogens with two attached hydrogens (primary N) is 1. The van der Waals surface area contributed by atoms with Gasteiger partial charge in [0.1, 0.15) is 5.75 Å². The highest BCUT2D eigenvalue weighted by atomic mass is 32.2. The molecule has 1 heterocycles. The van der Waals surface area contributed by atoms with E-state index in [9.17, 15) is 13.5 Å². The summed E-state index contributed by atoms with van der Waals surface area (Å²) in [4.78, 5) is 0. The molecular weight excluding hydrogens is 290 g/mol. The van der Waals surface area contributed by atoms with Gasteiger partial charge in [-0.1, -0.05) is 19.1 Å². The Morgan fingerprint density at radius 2 is 2.05 bits per heavy atom. The van der Waals surface area contributed by atoms with Crippen molar-refractivity contribution in [3.8, 4) is 5.75 Å². The molecule has 21 heavy (non-hydrogen) atoms. The molecule has 0 aliphatic carbocycles. The molecule has 1 aromatic carbocycles. The molecule has 3 N–H and O–H groups in total. The van der Waals surface area contributed by atoms with Crippen LogP contribution in [-0.4, -0.2) is 38.2 Å². The summed E-state index contributed by atoms with van der Waals surface area (Å²) in [6.07, 6.45) is 0.458. The van der Waals surface area contributed by atoms with Crippen molar-refractivity contribution in [1.82, 2.24) is 0 Å². The lowest BCUT2D eigenvalue weighted by atomic mass is 9.78. The van der Waals surface area contributed by atoms with E-state index in [1.54, 1.807) is 24.3 Å². The smallest absolute Gasteiger partial charge is 0.151 e. The van der Waals surface area contributed by atoms with Crippen molar-refractivity contribution >= 4 is 9.84 Å². The topological polar surface area (TPSA) is 89.6 Å². The van der Waals surface area contributed by atoms with Crippen LogP contribution >= 0.6 is 0 Å². The largest absolute Gasteiger partial charge is 0.494 e. The minimum Gasteiger partial charge on any atom is -0.494 e. The van der Waals surface area contributed by atoms with Crippen LogP contribution in [0.4, 0.5) is 0 Å². The Kier molecular flexibility index (Phi) is 4.91. The van der Waals surface area contributed by atoms with Crippen molar-refractivity contribution in [1.29, 1.82) is 0 Å². The average molecular weight is 313 g/mol.